The van der Waals surface area contributed by atoms with Crippen LogP contribution >= 0.6 is 0 Å². The second-order valence-corrected chi connectivity index (χ2v) is 2.49. The van der Waals surface area contributed by atoms with Crippen molar-refractivity contribution in [1.82, 2.24) is 0 Å². The van der Waals surface area contributed by atoms with Crippen LogP contribution in [0.5, 0.6) is 0 Å². The molecule has 78 valence electrons. The lowest BCUT2D eigenvalue weighted by Gasteiger charge is -2.25. The van der Waals surface area contributed by atoms with Gasteiger partial charge in [-0.25, -0.2) is 8.78 Å². The number of hydrogen-bond acceptors (Lipinski definition) is 1. The fourth-order valence-corrected chi connectivity index (χ4v) is 0.587. The molecule has 0 aromatic rings. The second-order valence-electron chi connectivity index (χ2n) is 2.49. The van der Waals surface area contributed by atoms with Gasteiger partial charge in [0.1, 0.15) is 0 Å². The van der Waals surface area contributed by atoms with Crippen LogP contribution in [0.1, 0.15) is 6.92 Å². The molecule has 2 unspecified atom stereocenters. The van der Waals surface area contributed by atoms with E-state index in [-0.39, 0.29) is 0 Å². The van der Waals surface area contributed by atoms with Gasteiger partial charge in [-0.1, -0.05) is 6.08 Å². The maximum atomic E-state index is 12.8. The van der Waals surface area contributed by atoms with E-state index < -0.39 is 24.8 Å². The highest BCUT2D eigenvalue weighted by Crippen LogP contribution is 2.34. The van der Waals surface area contributed by atoms with E-state index in [0.29, 0.717) is 6.92 Å². The van der Waals surface area contributed by atoms with Crippen LogP contribution in [0.15, 0.2) is 12.7 Å². The molecule has 0 saturated heterocycles. The molecule has 0 spiro atoms. The first-order valence-corrected chi connectivity index (χ1v) is 3.36. The highest BCUT2D eigenvalue weighted by atomic mass is 19.4. The Morgan fingerprint density at radius 1 is 1.38 bits per heavy atom. The molecule has 0 N–H and O–H groups in total. The fourth-order valence-electron chi connectivity index (χ4n) is 0.587. The third kappa shape index (κ3) is 3.71. The lowest BCUT2D eigenvalue weighted by molar-refractivity contribution is -0.273. The number of alkyl halides is 5. The van der Waals surface area contributed by atoms with Crippen molar-refractivity contribution in [3.05, 3.63) is 12.7 Å². The first-order chi connectivity index (χ1) is 5.72. The first kappa shape index (κ1) is 12.3. The average Bonchev–Trinajstić information content (AvgIpc) is 1.98. The summed E-state index contributed by atoms with van der Waals surface area (Å²) in [5.74, 6) is -3.37. The molecule has 13 heavy (non-hydrogen) atoms. The summed E-state index contributed by atoms with van der Waals surface area (Å²) in [5, 5.41) is 0. The Labute approximate surface area is 72.2 Å². The van der Waals surface area contributed by atoms with E-state index in [1.165, 1.54) is 0 Å². The van der Waals surface area contributed by atoms with E-state index >= 15 is 0 Å². The van der Waals surface area contributed by atoms with Crippen LogP contribution in [-0.2, 0) is 4.74 Å². The van der Waals surface area contributed by atoms with Crippen molar-refractivity contribution in [3.8, 4) is 0 Å². The van der Waals surface area contributed by atoms with E-state index in [4.69, 9.17) is 0 Å². The van der Waals surface area contributed by atoms with Gasteiger partial charge in [0, 0.05) is 0 Å². The molecule has 0 amide bonds. The molecular weight excluding hydrogens is 195 g/mol. The lowest BCUT2D eigenvalue weighted by atomic mass is 10.2. The van der Waals surface area contributed by atoms with Crippen LogP contribution in [0.4, 0.5) is 22.0 Å². The van der Waals surface area contributed by atoms with Crippen LogP contribution in [0.2, 0.25) is 0 Å². The third-order valence-corrected chi connectivity index (χ3v) is 1.22. The Morgan fingerprint density at radius 3 is 2.15 bits per heavy atom. The molecule has 6 heteroatoms. The van der Waals surface area contributed by atoms with Gasteiger partial charge in [-0.15, -0.1) is 6.58 Å². The Kier molecular flexibility index (Phi) is 3.84. The van der Waals surface area contributed by atoms with E-state index in [0.717, 1.165) is 6.08 Å². The van der Waals surface area contributed by atoms with E-state index in [2.05, 4.69) is 11.3 Å². The van der Waals surface area contributed by atoms with Gasteiger partial charge in [0.05, 0.1) is 6.61 Å². The molecule has 0 rings (SSSR count). The monoisotopic (exact) mass is 204 g/mol. The molecule has 0 radical (unpaired) electrons. The average molecular weight is 204 g/mol. The molecule has 0 aliphatic carbocycles. The molecule has 0 aliphatic heterocycles. The van der Waals surface area contributed by atoms with E-state index in [1.54, 1.807) is 0 Å². The molecule has 0 heterocycles. The zero-order valence-corrected chi connectivity index (χ0v) is 6.87. The molecule has 0 bridgehead atoms. The van der Waals surface area contributed by atoms with Crippen LogP contribution in [0, 0.1) is 0 Å². The van der Waals surface area contributed by atoms with Crippen LogP contribution in [-0.4, -0.2) is 24.8 Å². The molecular formula is C7H9F5O. The van der Waals surface area contributed by atoms with Crippen molar-refractivity contribution in [2.24, 2.45) is 0 Å². The van der Waals surface area contributed by atoms with Crippen molar-refractivity contribution in [2.75, 3.05) is 6.61 Å². The standard InChI is InChI=1S/C7H9F5O/c1-3-4-13-6(2,9)5(8)7(10,11)12/h3,5H,1,4H2,2H3. The van der Waals surface area contributed by atoms with Gasteiger partial charge in [-0.3, -0.25) is 0 Å². The van der Waals surface area contributed by atoms with Gasteiger partial charge in [-0.2, -0.15) is 13.2 Å². The molecule has 0 saturated carbocycles. The number of ether oxygens (including phenoxy) is 1. The van der Waals surface area contributed by atoms with Crippen molar-refractivity contribution >= 4 is 0 Å². The fraction of sp³-hybridized carbons (Fsp3) is 0.714. The summed E-state index contributed by atoms with van der Waals surface area (Å²) < 4.78 is 64.1. The minimum absolute atomic E-state index is 0.384. The van der Waals surface area contributed by atoms with Crippen molar-refractivity contribution < 1.29 is 26.7 Å². The molecule has 1 nitrogen and oxygen atoms in total. The Morgan fingerprint density at radius 2 is 1.85 bits per heavy atom. The molecule has 0 fully saturated rings. The van der Waals surface area contributed by atoms with Crippen molar-refractivity contribution in [2.45, 2.75) is 25.1 Å². The summed E-state index contributed by atoms with van der Waals surface area (Å²) in [6, 6.07) is 0. The highest BCUT2D eigenvalue weighted by Gasteiger charge is 2.53. The summed E-state index contributed by atoms with van der Waals surface area (Å²) >= 11 is 0. The van der Waals surface area contributed by atoms with Gasteiger partial charge >= 0.3 is 6.18 Å². The maximum absolute atomic E-state index is 12.8. The Bertz CT molecular complexity index is 174. The van der Waals surface area contributed by atoms with Crippen molar-refractivity contribution in [3.63, 3.8) is 0 Å². The molecule has 0 aliphatic rings. The first-order valence-electron chi connectivity index (χ1n) is 3.36. The highest BCUT2D eigenvalue weighted by molar-refractivity contribution is 4.81. The summed E-state index contributed by atoms with van der Waals surface area (Å²) in [6.07, 6.45) is -7.88. The molecule has 0 aromatic heterocycles. The van der Waals surface area contributed by atoms with E-state index in [9.17, 15) is 22.0 Å². The van der Waals surface area contributed by atoms with Gasteiger partial charge in [0.15, 0.2) is 0 Å². The van der Waals surface area contributed by atoms with Gasteiger partial charge in [0.2, 0.25) is 5.85 Å². The summed E-state index contributed by atoms with van der Waals surface area (Å²) in [7, 11) is 0. The zero-order chi connectivity index (χ0) is 10.7. The van der Waals surface area contributed by atoms with E-state index in [1.807, 2.05) is 0 Å². The Balaban J connectivity index is 4.34. The third-order valence-electron chi connectivity index (χ3n) is 1.22. The number of rotatable bonds is 4. The van der Waals surface area contributed by atoms with Crippen LogP contribution in [0.3, 0.4) is 0 Å². The molecule has 0 aromatic carbocycles. The zero-order valence-electron chi connectivity index (χ0n) is 6.87. The summed E-state index contributed by atoms with van der Waals surface area (Å²) in [5.41, 5.74) is 0. The van der Waals surface area contributed by atoms with Crippen LogP contribution in [0.25, 0.3) is 0 Å². The maximum Gasteiger partial charge on any atom is 0.425 e. The number of hydrogen-bond donors (Lipinski definition) is 0. The van der Waals surface area contributed by atoms with Crippen molar-refractivity contribution in [1.29, 1.82) is 0 Å². The quantitative estimate of drug-likeness (QED) is 0.505. The minimum Gasteiger partial charge on any atom is -0.339 e. The second kappa shape index (κ2) is 4.04. The predicted molar refractivity (Wildman–Crippen MR) is 36.6 cm³/mol. The summed E-state index contributed by atoms with van der Waals surface area (Å²) in [6.45, 7) is 2.99. The SMILES string of the molecule is C=CCOC(C)(F)C(F)C(F)(F)F. The molecule has 2 atom stereocenters. The van der Waals surface area contributed by atoms with Gasteiger partial charge in [0.25, 0.3) is 6.17 Å². The van der Waals surface area contributed by atoms with Gasteiger partial charge < -0.3 is 4.74 Å². The normalized spacial score (nSPS) is 19.2. The van der Waals surface area contributed by atoms with Gasteiger partial charge in [-0.05, 0) is 6.92 Å². The topological polar surface area (TPSA) is 9.23 Å². The Hall–Kier alpha value is -0.650. The smallest absolute Gasteiger partial charge is 0.339 e. The summed E-state index contributed by atoms with van der Waals surface area (Å²) in [4.78, 5) is 0. The minimum atomic E-state index is -5.26. The predicted octanol–water partition coefficient (Wildman–Crippen LogP) is 2.78. The lowest BCUT2D eigenvalue weighted by Crippen LogP contribution is -2.44. The largest absolute Gasteiger partial charge is 0.425 e. The number of halogens is 5. The van der Waals surface area contributed by atoms with Crippen LogP contribution < -0.4 is 0 Å².